The Hall–Kier alpha value is 0.759. The molecule has 0 aliphatic rings. The maximum atomic E-state index is 8.06. The van der Waals surface area contributed by atoms with Gasteiger partial charge in [0.2, 0.25) is 0 Å². The van der Waals surface area contributed by atoms with Crippen LogP contribution in [0, 0.1) is 0 Å². The normalized spacial score (nSPS) is 7.20. The van der Waals surface area contributed by atoms with Crippen molar-refractivity contribution in [3.05, 3.63) is 0 Å². The molecule has 1 nitrogen and oxygen atoms in total. The molecule has 0 radical (unpaired) electrons. The Bertz CT molecular complexity index is 11.6. The van der Waals surface area contributed by atoms with E-state index in [1.807, 2.05) is 0 Å². The average molecular weight is 179 g/mol. The summed E-state index contributed by atoms with van der Waals surface area (Å²) >= 11 is 0. The molecule has 2 heteroatoms. The van der Waals surface area contributed by atoms with E-state index in [9.17, 15) is 0 Å². The van der Waals surface area contributed by atoms with E-state index in [1.165, 1.54) is 0 Å². The second-order valence-corrected chi connectivity index (χ2v) is 1.09. The summed E-state index contributed by atoms with van der Waals surface area (Å²) in [5.41, 5.74) is 0. The van der Waals surface area contributed by atoms with Gasteiger partial charge < -0.3 is 5.11 Å². The van der Waals surface area contributed by atoms with Crippen LogP contribution in [0.5, 0.6) is 0 Å². The van der Waals surface area contributed by atoms with Crippen LogP contribution in [0.2, 0.25) is 0 Å². The predicted octanol–water partition coefficient (Wildman–Crippen LogP) is 0.00630. The SMILES string of the molecule is CC(C)O.[Sn+4]. The molecule has 0 heterocycles. The predicted molar refractivity (Wildman–Crippen MR) is 23.1 cm³/mol. The number of hydrogen-bond acceptors (Lipinski definition) is 1. The fourth-order valence-corrected chi connectivity index (χ4v) is 0. The fourth-order valence-electron chi connectivity index (χ4n) is 0. The topological polar surface area (TPSA) is 20.2 Å². The van der Waals surface area contributed by atoms with Crippen LogP contribution < -0.4 is 0 Å². The van der Waals surface area contributed by atoms with E-state index in [-0.39, 0.29) is 30.0 Å². The number of aliphatic hydroxyl groups excluding tert-OH is 1. The van der Waals surface area contributed by atoms with E-state index in [0.717, 1.165) is 0 Å². The minimum absolute atomic E-state index is 0. The Morgan fingerprint density at radius 3 is 1.40 bits per heavy atom. The number of rotatable bonds is 0. The molecule has 26 valence electrons. The van der Waals surface area contributed by atoms with Gasteiger partial charge in [-0.1, -0.05) is 0 Å². The molecule has 0 aromatic heterocycles. The van der Waals surface area contributed by atoms with Crippen molar-refractivity contribution < 1.29 is 5.11 Å². The molecule has 0 spiro atoms. The minimum Gasteiger partial charge on any atom is -0.394 e. The van der Waals surface area contributed by atoms with E-state index >= 15 is 0 Å². The Morgan fingerprint density at radius 1 is 1.40 bits per heavy atom. The fraction of sp³-hybridized carbons (Fsp3) is 1.00. The maximum Gasteiger partial charge on any atom is 4.00 e. The van der Waals surface area contributed by atoms with Gasteiger partial charge in [-0.15, -0.1) is 0 Å². The molecule has 0 saturated carbocycles. The molecular formula is C3H8OSn+4. The molecule has 0 fully saturated rings. The smallest absolute Gasteiger partial charge is 0.394 e. The number of aliphatic hydroxyl groups is 1. The van der Waals surface area contributed by atoms with Gasteiger partial charge in [-0.3, -0.25) is 0 Å². The Morgan fingerprint density at radius 2 is 1.40 bits per heavy atom. The van der Waals surface area contributed by atoms with Gasteiger partial charge in [-0.2, -0.15) is 0 Å². The maximum absolute atomic E-state index is 8.06. The molecule has 0 rings (SSSR count). The zero-order valence-corrected chi connectivity index (χ0v) is 6.38. The molecule has 0 bridgehead atoms. The van der Waals surface area contributed by atoms with Crippen molar-refractivity contribution in [1.82, 2.24) is 0 Å². The van der Waals surface area contributed by atoms with Gasteiger partial charge in [0.25, 0.3) is 0 Å². The summed E-state index contributed by atoms with van der Waals surface area (Å²) in [6.45, 7) is 3.44. The molecule has 0 aliphatic heterocycles. The largest absolute Gasteiger partial charge is 4.00 e. The van der Waals surface area contributed by atoms with Gasteiger partial charge in [-0.05, 0) is 13.8 Å². The molecule has 0 aromatic carbocycles. The molecule has 0 unspecified atom stereocenters. The van der Waals surface area contributed by atoms with Gasteiger partial charge in [0, 0.05) is 6.10 Å². The zero-order chi connectivity index (χ0) is 3.58. The van der Waals surface area contributed by atoms with E-state index in [1.54, 1.807) is 13.8 Å². The molecule has 0 aliphatic carbocycles. The van der Waals surface area contributed by atoms with Gasteiger partial charge in [-0.25, -0.2) is 0 Å². The first-order valence-electron chi connectivity index (χ1n) is 1.41. The van der Waals surface area contributed by atoms with Crippen LogP contribution in [0.4, 0.5) is 0 Å². The van der Waals surface area contributed by atoms with E-state index in [0.29, 0.717) is 0 Å². The van der Waals surface area contributed by atoms with Crippen molar-refractivity contribution in [3.63, 3.8) is 0 Å². The summed E-state index contributed by atoms with van der Waals surface area (Å²) in [6.07, 6.45) is -0.167. The van der Waals surface area contributed by atoms with Crippen LogP contribution in [-0.2, 0) is 0 Å². The Kier molecular flexibility index (Phi) is 8.79. The quantitative estimate of drug-likeness (QED) is 0.519. The van der Waals surface area contributed by atoms with Crippen molar-refractivity contribution in [3.8, 4) is 0 Å². The summed E-state index contributed by atoms with van der Waals surface area (Å²) in [4.78, 5) is 0. The van der Waals surface area contributed by atoms with Gasteiger partial charge >= 0.3 is 23.9 Å². The third-order valence-electron chi connectivity index (χ3n) is 0. The van der Waals surface area contributed by atoms with Crippen molar-refractivity contribution >= 4 is 23.9 Å². The number of hydrogen-bond donors (Lipinski definition) is 1. The first-order chi connectivity index (χ1) is 1.73. The van der Waals surface area contributed by atoms with Crippen LogP contribution in [0.25, 0.3) is 0 Å². The summed E-state index contributed by atoms with van der Waals surface area (Å²) in [7, 11) is 0. The zero-order valence-electron chi connectivity index (χ0n) is 3.52. The third-order valence-corrected chi connectivity index (χ3v) is 0. The monoisotopic (exact) mass is 180 g/mol. The van der Waals surface area contributed by atoms with E-state index in [4.69, 9.17) is 5.11 Å². The summed E-state index contributed by atoms with van der Waals surface area (Å²) in [5.74, 6) is 0. The van der Waals surface area contributed by atoms with Gasteiger partial charge in [0.15, 0.2) is 0 Å². The average Bonchev–Trinajstić information content (AvgIpc) is 0.811. The van der Waals surface area contributed by atoms with E-state index < -0.39 is 0 Å². The van der Waals surface area contributed by atoms with Crippen LogP contribution >= 0.6 is 0 Å². The molecule has 0 aromatic rings. The van der Waals surface area contributed by atoms with Crippen LogP contribution in [0.3, 0.4) is 0 Å². The standard InChI is InChI=1S/C3H8O.Sn/c1-3(2)4;/h3-4H,1-2H3;/q;+4. The Balaban J connectivity index is 0. The second-order valence-electron chi connectivity index (χ2n) is 1.09. The van der Waals surface area contributed by atoms with Gasteiger partial charge in [0.05, 0.1) is 0 Å². The van der Waals surface area contributed by atoms with Crippen LogP contribution in [0.15, 0.2) is 0 Å². The molecule has 0 atom stereocenters. The van der Waals surface area contributed by atoms with Crippen molar-refractivity contribution in [2.24, 2.45) is 0 Å². The molecule has 5 heavy (non-hydrogen) atoms. The molecule has 0 saturated heterocycles. The van der Waals surface area contributed by atoms with E-state index in [2.05, 4.69) is 0 Å². The third kappa shape index (κ3) is 62.9. The summed E-state index contributed by atoms with van der Waals surface area (Å²) < 4.78 is 0. The molecular weight excluding hydrogens is 171 g/mol. The Labute approximate surface area is 49.3 Å². The molecule has 1 N–H and O–H groups in total. The van der Waals surface area contributed by atoms with Crippen LogP contribution in [-0.4, -0.2) is 35.1 Å². The summed E-state index contributed by atoms with van der Waals surface area (Å²) in [6, 6.07) is 0. The van der Waals surface area contributed by atoms with Crippen molar-refractivity contribution in [2.75, 3.05) is 0 Å². The van der Waals surface area contributed by atoms with Crippen LogP contribution in [0.1, 0.15) is 13.8 Å². The first kappa shape index (κ1) is 9.23. The van der Waals surface area contributed by atoms with Gasteiger partial charge in [0.1, 0.15) is 0 Å². The molecule has 0 amide bonds. The first-order valence-corrected chi connectivity index (χ1v) is 1.41. The van der Waals surface area contributed by atoms with Crippen molar-refractivity contribution in [1.29, 1.82) is 0 Å². The second kappa shape index (κ2) is 4.76. The minimum atomic E-state index is -0.167. The summed E-state index contributed by atoms with van der Waals surface area (Å²) in [5, 5.41) is 8.06. The van der Waals surface area contributed by atoms with Crippen molar-refractivity contribution in [2.45, 2.75) is 20.0 Å².